The number of pyridine rings is 1. The van der Waals surface area contributed by atoms with Crippen LogP contribution in [0.5, 0.6) is 0 Å². The second-order valence-electron chi connectivity index (χ2n) is 6.09. The summed E-state index contributed by atoms with van der Waals surface area (Å²) in [6, 6.07) is 9.78. The molecule has 0 aromatic carbocycles. The molecule has 124 valence electrons. The van der Waals surface area contributed by atoms with Crippen LogP contribution in [-0.4, -0.2) is 37.9 Å². The minimum atomic E-state index is 0.667. The van der Waals surface area contributed by atoms with Crippen molar-refractivity contribution in [1.82, 2.24) is 24.8 Å². The fourth-order valence-corrected chi connectivity index (χ4v) is 3.46. The van der Waals surface area contributed by atoms with Gasteiger partial charge >= 0.3 is 0 Å². The highest BCUT2D eigenvalue weighted by Crippen LogP contribution is 2.21. The first-order valence-corrected chi connectivity index (χ1v) is 9.21. The average Bonchev–Trinajstić information content (AvgIpc) is 2.97. The number of halogens is 1. The minimum absolute atomic E-state index is 0.667. The highest BCUT2D eigenvalue weighted by Gasteiger charge is 2.15. The predicted octanol–water partition coefficient (Wildman–Crippen LogP) is 3.72. The van der Waals surface area contributed by atoms with Crippen LogP contribution >= 0.6 is 15.9 Å². The first-order valence-electron chi connectivity index (χ1n) is 8.41. The summed E-state index contributed by atoms with van der Waals surface area (Å²) < 4.78 is 2.57. The van der Waals surface area contributed by atoms with Crippen molar-refractivity contribution in [3.8, 4) is 11.5 Å². The van der Waals surface area contributed by atoms with Crippen LogP contribution < -0.4 is 4.90 Å². The van der Waals surface area contributed by atoms with E-state index in [9.17, 15) is 0 Å². The Bertz CT molecular complexity index is 838. The van der Waals surface area contributed by atoms with E-state index in [0.717, 1.165) is 34.9 Å². The van der Waals surface area contributed by atoms with E-state index in [1.54, 1.807) is 4.52 Å². The smallest absolute Gasteiger partial charge is 0.203 e. The maximum absolute atomic E-state index is 4.80. The third-order valence-electron chi connectivity index (χ3n) is 4.37. The van der Waals surface area contributed by atoms with Gasteiger partial charge in [-0.2, -0.15) is 4.52 Å². The van der Waals surface area contributed by atoms with E-state index in [2.05, 4.69) is 36.0 Å². The average molecular weight is 387 g/mol. The molecular weight excluding hydrogens is 368 g/mol. The highest BCUT2D eigenvalue weighted by atomic mass is 79.9. The van der Waals surface area contributed by atoms with Crippen molar-refractivity contribution in [3.05, 3.63) is 34.9 Å². The van der Waals surface area contributed by atoms with E-state index in [4.69, 9.17) is 5.10 Å². The van der Waals surface area contributed by atoms with Gasteiger partial charge in [0.15, 0.2) is 5.65 Å². The van der Waals surface area contributed by atoms with Crippen LogP contribution in [0.3, 0.4) is 0 Å². The van der Waals surface area contributed by atoms with Gasteiger partial charge in [0.1, 0.15) is 16.1 Å². The Morgan fingerprint density at radius 3 is 2.46 bits per heavy atom. The van der Waals surface area contributed by atoms with Gasteiger partial charge in [-0.25, -0.2) is 4.98 Å². The first kappa shape index (κ1) is 15.5. The maximum Gasteiger partial charge on any atom is 0.203 e. The molecule has 1 aliphatic heterocycles. The van der Waals surface area contributed by atoms with Crippen molar-refractivity contribution in [2.75, 3.05) is 18.0 Å². The number of nitrogens with zero attached hydrogens (tertiary/aromatic N) is 6. The fraction of sp³-hybridized carbons (Fsp3) is 0.412. The summed E-state index contributed by atoms with van der Waals surface area (Å²) in [4.78, 5) is 6.85. The molecule has 6 nitrogen and oxygen atoms in total. The Labute approximate surface area is 149 Å². The van der Waals surface area contributed by atoms with Crippen molar-refractivity contribution >= 4 is 27.4 Å². The zero-order valence-corrected chi connectivity index (χ0v) is 15.0. The molecule has 3 aromatic rings. The van der Waals surface area contributed by atoms with E-state index < -0.39 is 0 Å². The standard InChI is InChI=1S/C17H19BrN6/c18-14-8-6-7-13(19-14)17-21-20-15-9-10-16(22-24(15)17)23-11-4-2-1-3-5-12-23/h6-10H,1-5,11-12H2. The zero-order valence-electron chi connectivity index (χ0n) is 13.4. The maximum atomic E-state index is 4.80. The molecule has 3 aromatic heterocycles. The summed E-state index contributed by atoms with van der Waals surface area (Å²) in [5.41, 5.74) is 1.50. The molecule has 4 heterocycles. The van der Waals surface area contributed by atoms with Gasteiger partial charge in [0.25, 0.3) is 0 Å². The molecular formula is C17H19BrN6. The number of anilines is 1. The molecule has 1 fully saturated rings. The summed E-state index contributed by atoms with van der Waals surface area (Å²) in [6.45, 7) is 2.12. The molecule has 0 aliphatic carbocycles. The molecule has 0 N–H and O–H groups in total. The third-order valence-corrected chi connectivity index (χ3v) is 4.81. The first-order chi connectivity index (χ1) is 11.8. The summed E-state index contributed by atoms with van der Waals surface area (Å²) in [5, 5.41) is 13.3. The normalized spacial score (nSPS) is 16.1. The van der Waals surface area contributed by atoms with Crippen LogP contribution in [0.15, 0.2) is 34.9 Å². The molecule has 4 rings (SSSR count). The third kappa shape index (κ3) is 3.13. The molecule has 0 radical (unpaired) electrons. The van der Waals surface area contributed by atoms with Crippen molar-refractivity contribution < 1.29 is 0 Å². The van der Waals surface area contributed by atoms with Gasteiger partial charge in [0, 0.05) is 13.1 Å². The predicted molar refractivity (Wildman–Crippen MR) is 97.0 cm³/mol. The number of hydrogen-bond donors (Lipinski definition) is 0. The van der Waals surface area contributed by atoms with Gasteiger partial charge in [-0.1, -0.05) is 25.3 Å². The van der Waals surface area contributed by atoms with Crippen LogP contribution in [0.2, 0.25) is 0 Å². The van der Waals surface area contributed by atoms with Crippen molar-refractivity contribution in [3.63, 3.8) is 0 Å². The monoisotopic (exact) mass is 386 g/mol. The van der Waals surface area contributed by atoms with Gasteiger partial charge in [0.05, 0.1) is 0 Å². The van der Waals surface area contributed by atoms with Crippen LogP contribution in [0.4, 0.5) is 5.82 Å². The fourth-order valence-electron chi connectivity index (χ4n) is 3.12. The van der Waals surface area contributed by atoms with Gasteiger partial charge in [-0.05, 0) is 53.0 Å². The topological polar surface area (TPSA) is 59.2 Å². The molecule has 1 aliphatic rings. The lowest BCUT2D eigenvalue weighted by atomic mass is 10.1. The van der Waals surface area contributed by atoms with Gasteiger partial charge < -0.3 is 4.90 Å². The number of rotatable bonds is 2. The molecule has 0 saturated carbocycles. The minimum Gasteiger partial charge on any atom is -0.355 e. The Hall–Kier alpha value is -2.02. The van der Waals surface area contributed by atoms with Crippen molar-refractivity contribution in [1.29, 1.82) is 0 Å². The second-order valence-corrected chi connectivity index (χ2v) is 6.90. The summed E-state index contributed by atoms with van der Waals surface area (Å²) in [6.07, 6.45) is 6.41. The van der Waals surface area contributed by atoms with E-state index in [-0.39, 0.29) is 0 Å². The Kier molecular flexibility index (Phi) is 4.42. The number of fused-ring (bicyclic) bond motifs is 1. The SMILES string of the molecule is Brc1cccc(-c2nnc3ccc(N4CCCCCCC4)nn23)n1. The second kappa shape index (κ2) is 6.84. The molecule has 0 unspecified atom stereocenters. The van der Waals surface area contributed by atoms with Crippen LogP contribution in [0.1, 0.15) is 32.1 Å². The lowest BCUT2D eigenvalue weighted by Crippen LogP contribution is -2.28. The summed E-state index contributed by atoms with van der Waals surface area (Å²) in [5.74, 6) is 1.65. The number of hydrogen-bond acceptors (Lipinski definition) is 5. The lowest BCUT2D eigenvalue weighted by Gasteiger charge is -2.25. The molecule has 0 spiro atoms. The molecule has 7 heteroatoms. The molecule has 0 amide bonds. The van der Waals surface area contributed by atoms with E-state index in [1.807, 2.05) is 30.3 Å². The van der Waals surface area contributed by atoms with E-state index >= 15 is 0 Å². The van der Waals surface area contributed by atoms with Crippen LogP contribution in [-0.2, 0) is 0 Å². The quantitative estimate of drug-likeness (QED) is 0.628. The van der Waals surface area contributed by atoms with Gasteiger partial charge in [0.2, 0.25) is 5.82 Å². The molecule has 0 bridgehead atoms. The van der Waals surface area contributed by atoms with Crippen molar-refractivity contribution in [2.45, 2.75) is 32.1 Å². The van der Waals surface area contributed by atoms with E-state index in [1.165, 1.54) is 32.1 Å². The summed E-state index contributed by atoms with van der Waals surface area (Å²) >= 11 is 3.41. The van der Waals surface area contributed by atoms with Gasteiger partial charge in [-0.15, -0.1) is 15.3 Å². The van der Waals surface area contributed by atoms with Crippen LogP contribution in [0, 0.1) is 0 Å². The highest BCUT2D eigenvalue weighted by molar-refractivity contribution is 9.10. The Morgan fingerprint density at radius 1 is 0.875 bits per heavy atom. The largest absolute Gasteiger partial charge is 0.355 e. The molecule has 0 atom stereocenters. The molecule has 1 saturated heterocycles. The van der Waals surface area contributed by atoms with Crippen LogP contribution in [0.25, 0.3) is 17.2 Å². The zero-order chi connectivity index (χ0) is 16.4. The van der Waals surface area contributed by atoms with E-state index in [0.29, 0.717) is 5.82 Å². The lowest BCUT2D eigenvalue weighted by molar-refractivity contribution is 0.552. The number of aromatic nitrogens is 5. The molecule has 24 heavy (non-hydrogen) atoms. The Morgan fingerprint density at radius 2 is 1.67 bits per heavy atom. The Balaban J connectivity index is 1.72. The van der Waals surface area contributed by atoms with Gasteiger partial charge in [-0.3, -0.25) is 0 Å². The van der Waals surface area contributed by atoms with Crippen molar-refractivity contribution in [2.24, 2.45) is 0 Å². The summed E-state index contributed by atoms with van der Waals surface area (Å²) in [7, 11) is 0.